The summed E-state index contributed by atoms with van der Waals surface area (Å²) < 4.78 is 26.4. The third-order valence-corrected chi connectivity index (χ3v) is 17.5. The first-order chi connectivity index (χ1) is 27.9. The van der Waals surface area contributed by atoms with Gasteiger partial charge in [0.1, 0.15) is 0 Å². The smallest absolute Gasteiger partial charge is 0.0919 e. The Morgan fingerprint density at radius 3 is 1.01 bits per heavy atom. The van der Waals surface area contributed by atoms with Crippen molar-refractivity contribution in [3.8, 4) is 0 Å². The molecule has 5 heterocycles. The lowest BCUT2D eigenvalue weighted by molar-refractivity contribution is -0.0182. The maximum absolute atomic E-state index is 5.56. The molecule has 3 saturated heterocycles. The predicted octanol–water partition coefficient (Wildman–Crippen LogP) is 21.6. The molecule has 5 aliphatic heterocycles. The molecule has 3 saturated carbocycles. The van der Waals surface area contributed by atoms with Gasteiger partial charge in [-0.05, 0) is 168 Å². The molecule has 0 N–H and O–H groups in total. The van der Waals surface area contributed by atoms with Crippen LogP contribution in [0.25, 0.3) is 0 Å². The highest BCUT2D eigenvalue weighted by molar-refractivity contribution is 5.11. The van der Waals surface area contributed by atoms with Crippen LogP contribution in [0.5, 0.6) is 0 Å². The van der Waals surface area contributed by atoms with Gasteiger partial charge in [-0.3, -0.25) is 0 Å². The predicted molar refractivity (Wildman–Crippen MR) is 319 cm³/mol. The Kier molecular flexibility index (Phi) is 46.5. The molecule has 69 heavy (non-hydrogen) atoms. The Morgan fingerprint density at radius 2 is 0.855 bits per heavy atom. The van der Waals surface area contributed by atoms with Crippen LogP contribution in [-0.2, 0) is 23.7 Å². The minimum absolute atomic E-state index is 0. The summed E-state index contributed by atoms with van der Waals surface area (Å²) in [7, 11) is 0. The topological polar surface area (TPSA) is 46.2 Å². The molecular formula is C64H140O5. The number of hydrogen-bond acceptors (Lipinski definition) is 5. The van der Waals surface area contributed by atoms with E-state index in [0.29, 0.717) is 33.2 Å². The summed E-state index contributed by atoms with van der Waals surface area (Å²) in [6, 6.07) is 0. The summed E-state index contributed by atoms with van der Waals surface area (Å²) in [5.41, 5.74) is 7.23. The van der Waals surface area contributed by atoms with E-state index in [4.69, 9.17) is 23.7 Å². The molecule has 0 aromatic heterocycles. The van der Waals surface area contributed by atoms with Crippen molar-refractivity contribution in [1.82, 2.24) is 0 Å². The fraction of sp³-hybridized carbons (Fsp3) is 0.938. The molecule has 0 bridgehead atoms. The van der Waals surface area contributed by atoms with Gasteiger partial charge in [0.2, 0.25) is 0 Å². The van der Waals surface area contributed by atoms with Crippen molar-refractivity contribution in [2.24, 2.45) is 56.7 Å². The molecular weight excluding hydrogens is 849 g/mol. The van der Waals surface area contributed by atoms with Gasteiger partial charge in [-0.15, -0.1) is 0 Å². The molecule has 8 aliphatic rings. The van der Waals surface area contributed by atoms with Crippen molar-refractivity contribution in [2.75, 3.05) is 46.2 Å². The zero-order valence-electron chi connectivity index (χ0n) is 45.2. The third-order valence-electron chi connectivity index (χ3n) is 17.5. The maximum Gasteiger partial charge on any atom is 0.0919 e. The first kappa shape index (κ1) is 84.9. The van der Waals surface area contributed by atoms with E-state index in [-0.39, 0.29) is 65.0 Å². The van der Waals surface area contributed by atoms with E-state index in [1.54, 1.807) is 0 Å². The van der Waals surface area contributed by atoms with E-state index in [0.717, 1.165) is 94.4 Å². The van der Waals surface area contributed by atoms with Crippen molar-refractivity contribution in [3.05, 3.63) is 22.5 Å². The quantitative estimate of drug-likeness (QED) is 0.226. The van der Waals surface area contributed by atoms with E-state index in [2.05, 4.69) is 145 Å². The highest BCUT2D eigenvalue weighted by Gasteiger charge is 2.53. The van der Waals surface area contributed by atoms with Crippen LogP contribution in [0.3, 0.4) is 0 Å². The van der Waals surface area contributed by atoms with Gasteiger partial charge in [-0.2, -0.15) is 0 Å². The number of allylic oxidation sites excluding steroid dienone is 1. The van der Waals surface area contributed by atoms with Gasteiger partial charge >= 0.3 is 0 Å². The van der Waals surface area contributed by atoms with Crippen molar-refractivity contribution >= 4 is 0 Å². The molecule has 6 fully saturated rings. The van der Waals surface area contributed by atoms with E-state index in [1.165, 1.54) is 74.5 Å². The monoisotopic (exact) mass is 989 g/mol. The van der Waals surface area contributed by atoms with Crippen LogP contribution in [0, 0.1) is 56.7 Å². The third kappa shape index (κ3) is 31.5. The number of rotatable bonds is 0. The van der Waals surface area contributed by atoms with Crippen LogP contribution in [0.4, 0.5) is 0 Å². The lowest BCUT2D eigenvalue weighted by atomic mass is 9.60. The fourth-order valence-electron chi connectivity index (χ4n) is 7.71. The molecule has 6 unspecified atom stereocenters. The summed E-state index contributed by atoms with van der Waals surface area (Å²) in [5, 5.41) is 0. The normalized spacial score (nSPS) is 28.7. The average Bonchev–Trinajstić information content (AvgIpc) is 3.64. The van der Waals surface area contributed by atoms with E-state index in [9.17, 15) is 0 Å². The van der Waals surface area contributed by atoms with Crippen LogP contribution in [0.15, 0.2) is 22.5 Å². The van der Waals surface area contributed by atoms with Crippen molar-refractivity contribution in [3.63, 3.8) is 0 Å². The van der Waals surface area contributed by atoms with Crippen LogP contribution >= 0.6 is 0 Å². The first-order valence-corrected chi connectivity index (χ1v) is 25.2. The van der Waals surface area contributed by atoms with Crippen LogP contribution in [0.2, 0.25) is 0 Å². The van der Waals surface area contributed by atoms with Crippen molar-refractivity contribution < 1.29 is 23.7 Å². The Hall–Kier alpha value is -0.880. The summed E-state index contributed by atoms with van der Waals surface area (Å²) in [6.07, 6.45) is 15.1. The Morgan fingerprint density at radius 1 is 0.420 bits per heavy atom. The molecule has 0 aromatic rings. The van der Waals surface area contributed by atoms with Gasteiger partial charge in [0.05, 0.1) is 37.3 Å². The van der Waals surface area contributed by atoms with Gasteiger partial charge in [0.25, 0.3) is 0 Å². The van der Waals surface area contributed by atoms with Gasteiger partial charge in [0.15, 0.2) is 0 Å². The average molecular weight is 990 g/mol. The summed E-state index contributed by atoms with van der Waals surface area (Å²) >= 11 is 0. The lowest BCUT2D eigenvalue weighted by Gasteiger charge is -2.45. The summed E-state index contributed by atoms with van der Waals surface area (Å²) in [4.78, 5) is 0. The molecule has 5 heteroatoms. The van der Waals surface area contributed by atoms with Crippen LogP contribution in [-0.4, -0.2) is 58.0 Å². The number of hydrogen-bond donors (Lipinski definition) is 0. The molecule has 6 atom stereocenters. The molecule has 0 aromatic carbocycles. The standard InChI is InChI=1S/C10H20.C8H16O.C7H14O.C7H12O.C7H14.C6H12O.C6H10O.C5H10.8CH4/c1-9(2)7-5-6-8-10(9,3)4;1-7(2)5-6-9-8(7,3)4;2*1-6-3-4-8-5-7(6)2;1-6(2)5-7(6,3)4;2*1-5-3-4-7-6(5)2;1-4-3-5(4)2;;;;;;;;/h5-8H2,1-4H3;5-6H2,1-4H3;6-7H,3-5H2,1-2H3;3-5H2,1-2H3;5H2,1-4H3;5-6H,3-4H2,1-2H3;3-4H2,1-2H3;4-5H,3H2,1-2H3;8*1H4. The van der Waals surface area contributed by atoms with Crippen LogP contribution < -0.4 is 0 Å². The van der Waals surface area contributed by atoms with E-state index in [1.807, 2.05) is 6.92 Å². The van der Waals surface area contributed by atoms with Crippen LogP contribution in [0.1, 0.15) is 282 Å². The van der Waals surface area contributed by atoms with Gasteiger partial charge < -0.3 is 23.7 Å². The van der Waals surface area contributed by atoms with E-state index >= 15 is 0 Å². The zero-order chi connectivity index (χ0) is 47.0. The molecule has 8 rings (SSSR count). The summed E-state index contributed by atoms with van der Waals surface area (Å²) in [6.45, 7) is 56.3. The van der Waals surface area contributed by atoms with Gasteiger partial charge in [-0.1, -0.05) is 182 Å². The van der Waals surface area contributed by atoms with Crippen molar-refractivity contribution in [1.29, 1.82) is 0 Å². The highest BCUT2D eigenvalue weighted by Crippen LogP contribution is 2.62. The molecule has 426 valence electrons. The second kappa shape index (κ2) is 37.8. The van der Waals surface area contributed by atoms with Crippen molar-refractivity contribution in [2.45, 2.75) is 294 Å². The minimum Gasteiger partial charge on any atom is -0.498 e. The first-order valence-electron chi connectivity index (χ1n) is 25.2. The molecule has 0 spiro atoms. The highest BCUT2D eigenvalue weighted by atomic mass is 16.5. The summed E-state index contributed by atoms with van der Waals surface area (Å²) in [5.74, 6) is 5.68. The Bertz CT molecular complexity index is 1210. The van der Waals surface area contributed by atoms with Gasteiger partial charge in [-0.25, -0.2) is 0 Å². The minimum atomic E-state index is 0. The number of ether oxygens (including phenoxy) is 5. The molecule has 3 aliphatic carbocycles. The van der Waals surface area contributed by atoms with Gasteiger partial charge in [0, 0.05) is 32.8 Å². The molecule has 0 amide bonds. The second-order valence-electron chi connectivity index (χ2n) is 24.6. The molecule has 5 nitrogen and oxygen atoms in total. The second-order valence-corrected chi connectivity index (χ2v) is 24.6. The van der Waals surface area contributed by atoms with E-state index < -0.39 is 0 Å². The Labute approximate surface area is 441 Å². The zero-order valence-corrected chi connectivity index (χ0v) is 45.2. The SMILES string of the molecule is C.C.C.C.C.C.C.C.CC1(C)CC1(C)C.CC1(C)CCCCC1(C)C.CC1(C)CCOC1(C)C.CC1=C(C)COCC1.CC1=C(C)OCC1.CC1CC1C.CC1CCOC1C.CC1CCOCC1C. The molecule has 0 radical (unpaired) electrons. The maximum atomic E-state index is 5.56. The lowest BCUT2D eigenvalue weighted by Crippen LogP contribution is -2.35. The fourth-order valence-corrected chi connectivity index (χ4v) is 7.71. The largest absolute Gasteiger partial charge is 0.498 e. The Balaban J connectivity index is -0.000000102.